The average Bonchev–Trinajstić information content (AvgIpc) is 3.09. The molecule has 8 rings (SSSR count). The highest BCUT2D eigenvalue weighted by molar-refractivity contribution is 8.00. The molecule has 0 aliphatic carbocycles. The van der Waals surface area contributed by atoms with E-state index in [1.165, 1.54) is 48.1 Å². The van der Waals surface area contributed by atoms with Crippen molar-refractivity contribution < 1.29 is 28.6 Å². The molecule has 52 heavy (non-hydrogen) atoms. The molecule has 2 N–H and O–H groups in total. The Balaban J connectivity index is 0.000000194. The molecule has 4 aliphatic heterocycles. The van der Waals surface area contributed by atoms with Crippen LogP contribution in [0.2, 0.25) is 0 Å². The predicted octanol–water partition coefficient (Wildman–Crippen LogP) is 4.24. The summed E-state index contributed by atoms with van der Waals surface area (Å²) in [5, 5.41) is 18.8. The van der Waals surface area contributed by atoms with Crippen molar-refractivity contribution in [2.24, 2.45) is 0 Å². The van der Waals surface area contributed by atoms with Crippen LogP contribution in [0.3, 0.4) is 0 Å². The van der Waals surface area contributed by atoms with Crippen LogP contribution in [0.5, 0.6) is 0 Å². The largest absolute Gasteiger partial charge is 0.477 e. The standard InChI is InChI=1S/2C17H18FN3O3S.2ClH/c2*1-19-2-4-20(5-3-19)14-12(18)8-10-13-16(14)25-7-6-21(13)9-11(15(10)22)17(23)24;;/h2*8-9H,2-7H2,1H3,(H,23,24);2*1H. The van der Waals surface area contributed by atoms with E-state index in [9.17, 15) is 38.2 Å². The monoisotopic (exact) mass is 798 g/mol. The normalized spacial score (nSPS) is 17.2. The predicted molar refractivity (Wildman–Crippen MR) is 206 cm³/mol. The van der Waals surface area contributed by atoms with E-state index in [-0.39, 0.29) is 46.7 Å². The van der Waals surface area contributed by atoms with Gasteiger partial charge in [0.1, 0.15) is 22.8 Å². The lowest BCUT2D eigenvalue weighted by atomic mass is 10.1. The van der Waals surface area contributed by atoms with Crippen LogP contribution in [0.4, 0.5) is 20.2 Å². The first-order valence-corrected chi connectivity index (χ1v) is 18.3. The molecule has 2 aromatic heterocycles. The Kier molecular flexibility index (Phi) is 12.1. The molecular weight excluding hydrogens is 761 g/mol. The number of likely N-dealkylation sites (N-methyl/N-ethyl adjacent to an activating group) is 2. The van der Waals surface area contributed by atoms with E-state index in [1.807, 2.05) is 23.9 Å². The molecule has 2 saturated heterocycles. The molecule has 0 spiro atoms. The summed E-state index contributed by atoms with van der Waals surface area (Å²) in [4.78, 5) is 57.7. The van der Waals surface area contributed by atoms with E-state index in [4.69, 9.17) is 0 Å². The van der Waals surface area contributed by atoms with Gasteiger partial charge in [-0.3, -0.25) is 9.59 Å². The maximum atomic E-state index is 15.0. The third-order valence-corrected chi connectivity index (χ3v) is 11.9. The molecule has 2 fully saturated rings. The number of thioether (sulfide) groups is 2. The van der Waals surface area contributed by atoms with Crippen LogP contribution in [0.15, 0.2) is 43.9 Å². The smallest absolute Gasteiger partial charge is 0.341 e. The van der Waals surface area contributed by atoms with Gasteiger partial charge in [0.2, 0.25) is 10.9 Å². The molecule has 4 aliphatic rings. The van der Waals surface area contributed by atoms with Gasteiger partial charge in [-0.2, -0.15) is 0 Å². The van der Waals surface area contributed by atoms with Gasteiger partial charge < -0.3 is 38.9 Å². The fourth-order valence-electron chi connectivity index (χ4n) is 7.05. The third kappa shape index (κ3) is 7.08. The zero-order valence-electron chi connectivity index (χ0n) is 28.4. The number of piperazine rings is 2. The van der Waals surface area contributed by atoms with Gasteiger partial charge in [0, 0.05) is 89.3 Å². The van der Waals surface area contributed by atoms with E-state index in [2.05, 4.69) is 9.80 Å². The van der Waals surface area contributed by atoms with Crippen molar-refractivity contribution in [2.75, 3.05) is 87.8 Å². The van der Waals surface area contributed by atoms with E-state index < -0.39 is 34.4 Å². The number of aromatic nitrogens is 2. The molecule has 2 aromatic carbocycles. The van der Waals surface area contributed by atoms with Crippen LogP contribution < -0.4 is 20.7 Å². The molecule has 0 atom stereocenters. The molecule has 4 aromatic rings. The first-order valence-electron chi connectivity index (χ1n) is 16.3. The molecular formula is C34H38Cl2F2N6O6S2. The lowest BCUT2D eigenvalue weighted by Crippen LogP contribution is -2.45. The topological polar surface area (TPSA) is 132 Å². The molecule has 0 amide bonds. The fraction of sp³-hybridized carbons (Fsp3) is 0.412. The van der Waals surface area contributed by atoms with E-state index in [0.717, 1.165) is 62.1 Å². The van der Waals surface area contributed by atoms with Crippen molar-refractivity contribution in [1.82, 2.24) is 18.9 Å². The minimum absolute atomic E-state index is 0. The maximum Gasteiger partial charge on any atom is 0.341 e. The number of hydrogen-bond acceptors (Lipinski definition) is 10. The first kappa shape index (κ1) is 39.7. The second-order valence-corrected chi connectivity index (χ2v) is 15.1. The second kappa shape index (κ2) is 15.8. The lowest BCUT2D eigenvalue weighted by molar-refractivity contribution is 0.0684. The fourth-order valence-corrected chi connectivity index (χ4v) is 9.49. The third-order valence-electron chi connectivity index (χ3n) is 9.74. The van der Waals surface area contributed by atoms with Gasteiger partial charge in [-0.1, -0.05) is 0 Å². The summed E-state index contributed by atoms with van der Waals surface area (Å²) in [7, 11) is 4.08. The van der Waals surface area contributed by atoms with Crippen LogP contribution in [0.1, 0.15) is 20.7 Å². The van der Waals surface area contributed by atoms with Gasteiger partial charge >= 0.3 is 11.9 Å². The number of halogens is 4. The van der Waals surface area contributed by atoms with Crippen molar-refractivity contribution in [3.63, 3.8) is 0 Å². The first-order chi connectivity index (χ1) is 23.9. The SMILES string of the molecule is CN1CCN(c2c(F)cc3c(=O)c(C(=O)O)cn4c3c2SCC4)CC1.CN1CCN(c2c(F)cc3c(=O)c(C(=O)O)cn4c3c2SCC4)CC1.Cl.Cl. The lowest BCUT2D eigenvalue weighted by Gasteiger charge is -2.36. The average molecular weight is 800 g/mol. The van der Waals surface area contributed by atoms with Crippen LogP contribution >= 0.6 is 48.3 Å². The molecule has 280 valence electrons. The summed E-state index contributed by atoms with van der Waals surface area (Å²) in [6.45, 7) is 7.52. The molecule has 0 saturated carbocycles. The number of hydrogen-bond donors (Lipinski definition) is 2. The van der Waals surface area contributed by atoms with Gasteiger partial charge in [0.25, 0.3) is 0 Å². The number of aryl methyl sites for hydroxylation is 2. The van der Waals surface area contributed by atoms with Crippen molar-refractivity contribution in [1.29, 1.82) is 0 Å². The summed E-state index contributed by atoms with van der Waals surface area (Å²) in [5.41, 5.74) is 0.540. The summed E-state index contributed by atoms with van der Waals surface area (Å²) in [6.07, 6.45) is 2.78. The zero-order chi connectivity index (χ0) is 35.4. The number of carbonyl (C=O) groups is 2. The highest BCUT2D eigenvalue weighted by atomic mass is 35.5. The highest BCUT2D eigenvalue weighted by Crippen LogP contribution is 2.42. The summed E-state index contributed by atoms with van der Waals surface area (Å²) < 4.78 is 33.5. The molecule has 0 radical (unpaired) electrons. The molecule has 18 heteroatoms. The highest BCUT2D eigenvalue weighted by Gasteiger charge is 2.30. The van der Waals surface area contributed by atoms with Crippen LogP contribution in [0, 0.1) is 11.6 Å². The quantitative estimate of drug-likeness (QED) is 0.307. The van der Waals surface area contributed by atoms with Crippen molar-refractivity contribution in [3.8, 4) is 0 Å². The zero-order valence-corrected chi connectivity index (χ0v) is 31.7. The summed E-state index contributed by atoms with van der Waals surface area (Å²) in [5.74, 6) is -2.03. The number of rotatable bonds is 4. The Labute approximate surface area is 318 Å². The number of carboxylic acids is 2. The Bertz CT molecular complexity index is 2040. The number of nitrogens with zero attached hydrogens (tertiary/aromatic N) is 6. The number of anilines is 2. The summed E-state index contributed by atoms with van der Waals surface area (Å²) >= 11 is 3.07. The minimum atomic E-state index is -1.28. The molecule has 0 unspecified atom stereocenters. The summed E-state index contributed by atoms with van der Waals surface area (Å²) in [6, 6.07) is 2.42. The second-order valence-electron chi connectivity index (χ2n) is 12.9. The number of pyridine rings is 2. The Morgan fingerprint density at radius 1 is 0.615 bits per heavy atom. The van der Waals surface area contributed by atoms with Gasteiger partial charge in [-0.05, 0) is 26.2 Å². The van der Waals surface area contributed by atoms with E-state index in [0.29, 0.717) is 47.0 Å². The number of benzene rings is 2. The Hall–Kier alpha value is -3.54. The van der Waals surface area contributed by atoms with Crippen LogP contribution in [0.25, 0.3) is 21.8 Å². The Morgan fingerprint density at radius 3 is 1.29 bits per heavy atom. The van der Waals surface area contributed by atoms with Crippen molar-refractivity contribution in [2.45, 2.75) is 22.9 Å². The van der Waals surface area contributed by atoms with Gasteiger partial charge in [-0.15, -0.1) is 48.3 Å². The van der Waals surface area contributed by atoms with Gasteiger partial charge in [0.05, 0.1) is 43.0 Å². The molecule has 12 nitrogen and oxygen atoms in total. The Morgan fingerprint density at radius 2 is 0.962 bits per heavy atom. The number of carboxylic acid groups (broad SMARTS) is 2. The van der Waals surface area contributed by atoms with E-state index >= 15 is 0 Å². The van der Waals surface area contributed by atoms with Gasteiger partial charge in [-0.25, -0.2) is 18.4 Å². The molecule has 0 bridgehead atoms. The van der Waals surface area contributed by atoms with Gasteiger partial charge in [0.15, 0.2) is 0 Å². The van der Waals surface area contributed by atoms with Crippen LogP contribution in [-0.2, 0) is 13.1 Å². The van der Waals surface area contributed by atoms with Crippen LogP contribution in [-0.4, -0.2) is 119 Å². The van der Waals surface area contributed by atoms with Crippen molar-refractivity contribution >= 4 is 93.5 Å². The van der Waals surface area contributed by atoms with Crippen molar-refractivity contribution in [3.05, 3.63) is 67.7 Å². The molecule has 6 heterocycles. The minimum Gasteiger partial charge on any atom is -0.477 e. The van der Waals surface area contributed by atoms with E-state index in [1.54, 1.807) is 9.13 Å². The number of aromatic carboxylic acids is 2. The maximum absolute atomic E-state index is 15.0.